The van der Waals surface area contributed by atoms with Crippen molar-refractivity contribution in [1.29, 1.82) is 0 Å². The molecule has 3 rings (SSSR count). The van der Waals surface area contributed by atoms with Crippen LogP contribution < -0.4 is 10.1 Å². The van der Waals surface area contributed by atoms with E-state index in [4.69, 9.17) is 4.74 Å². The van der Waals surface area contributed by atoms with E-state index < -0.39 is 0 Å². The summed E-state index contributed by atoms with van der Waals surface area (Å²) in [5, 5.41) is 3.95. The fraction of sp³-hybridized carbons (Fsp3) is 0.667. The molecule has 20 heavy (non-hydrogen) atoms. The summed E-state index contributed by atoms with van der Waals surface area (Å²) in [4.78, 5) is 0. The van der Waals surface area contributed by atoms with Crippen LogP contribution in [0.3, 0.4) is 0 Å². The zero-order valence-corrected chi connectivity index (χ0v) is 12.8. The van der Waals surface area contributed by atoms with Crippen molar-refractivity contribution in [1.82, 2.24) is 5.32 Å². The van der Waals surface area contributed by atoms with E-state index in [1.165, 1.54) is 43.2 Å². The maximum Gasteiger partial charge on any atom is 0.126 e. The number of ether oxygens (including phenoxy) is 1. The Bertz CT molecular complexity index is 457. The van der Waals surface area contributed by atoms with E-state index >= 15 is 0 Å². The minimum absolute atomic E-state index is 0.470. The molecule has 3 unspecified atom stereocenters. The van der Waals surface area contributed by atoms with Crippen LogP contribution in [0.4, 0.5) is 0 Å². The lowest BCUT2D eigenvalue weighted by Crippen LogP contribution is -2.39. The van der Waals surface area contributed by atoms with Crippen molar-refractivity contribution in [3.63, 3.8) is 0 Å². The fourth-order valence-electron chi connectivity index (χ4n) is 3.76. The molecule has 2 heteroatoms. The Hall–Kier alpha value is -1.02. The first-order chi connectivity index (χ1) is 9.75. The molecular weight excluding hydrogens is 246 g/mol. The minimum atomic E-state index is 0.470. The van der Waals surface area contributed by atoms with Gasteiger partial charge in [0.05, 0.1) is 6.61 Å². The molecule has 1 aromatic rings. The van der Waals surface area contributed by atoms with Gasteiger partial charge in [0.1, 0.15) is 5.75 Å². The Morgan fingerprint density at radius 3 is 2.80 bits per heavy atom. The van der Waals surface area contributed by atoms with Crippen LogP contribution >= 0.6 is 0 Å². The molecule has 0 spiro atoms. The fourth-order valence-corrected chi connectivity index (χ4v) is 3.76. The van der Waals surface area contributed by atoms with Gasteiger partial charge in [-0.05, 0) is 44.1 Å². The molecule has 1 saturated carbocycles. The molecule has 1 heterocycles. The number of hydrogen-bond donors (Lipinski definition) is 1. The van der Waals surface area contributed by atoms with Gasteiger partial charge in [-0.2, -0.15) is 0 Å². The monoisotopic (exact) mass is 273 g/mol. The Kier molecular flexibility index (Phi) is 4.30. The van der Waals surface area contributed by atoms with Gasteiger partial charge in [0.2, 0.25) is 0 Å². The van der Waals surface area contributed by atoms with Gasteiger partial charge >= 0.3 is 0 Å². The molecule has 0 bridgehead atoms. The molecule has 3 atom stereocenters. The number of nitrogens with one attached hydrogen (secondary N) is 1. The number of benzene rings is 1. The highest BCUT2D eigenvalue weighted by molar-refractivity contribution is 5.43. The van der Waals surface area contributed by atoms with Gasteiger partial charge in [0, 0.05) is 17.6 Å². The maximum absolute atomic E-state index is 5.99. The van der Waals surface area contributed by atoms with Crippen molar-refractivity contribution in [3.8, 4) is 5.75 Å². The second kappa shape index (κ2) is 6.17. The van der Waals surface area contributed by atoms with Crippen molar-refractivity contribution in [2.75, 3.05) is 6.61 Å². The predicted octanol–water partition coefficient (Wildman–Crippen LogP) is 4.38. The molecule has 1 aliphatic heterocycles. The molecule has 2 nitrogen and oxygen atoms in total. The Balaban J connectivity index is 1.81. The van der Waals surface area contributed by atoms with Crippen LogP contribution in [0.25, 0.3) is 0 Å². The van der Waals surface area contributed by atoms with Crippen LogP contribution in [0.5, 0.6) is 5.75 Å². The molecule has 0 radical (unpaired) electrons. The summed E-state index contributed by atoms with van der Waals surface area (Å²) in [6.45, 7) is 5.42. The first-order valence-corrected chi connectivity index (χ1v) is 8.24. The molecular formula is C18H27NO. The Morgan fingerprint density at radius 2 is 1.95 bits per heavy atom. The zero-order valence-electron chi connectivity index (χ0n) is 12.8. The lowest BCUT2D eigenvalue weighted by Gasteiger charge is -2.33. The van der Waals surface area contributed by atoms with E-state index in [1.54, 1.807) is 0 Å². The lowest BCUT2D eigenvalue weighted by molar-refractivity contribution is 0.253. The van der Waals surface area contributed by atoms with Crippen molar-refractivity contribution >= 4 is 0 Å². The van der Waals surface area contributed by atoms with Gasteiger partial charge in [-0.3, -0.25) is 0 Å². The van der Waals surface area contributed by atoms with Crippen LogP contribution in [0.15, 0.2) is 18.2 Å². The first kappa shape index (κ1) is 13.9. The highest BCUT2D eigenvalue weighted by Gasteiger charge is 2.27. The number of fused-ring (bicyclic) bond motifs is 1. The largest absolute Gasteiger partial charge is 0.493 e. The van der Waals surface area contributed by atoms with Crippen molar-refractivity contribution in [3.05, 3.63) is 29.3 Å². The van der Waals surface area contributed by atoms with E-state index in [-0.39, 0.29) is 0 Å². The van der Waals surface area contributed by atoms with Gasteiger partial charge in [-0.25, -0.2) is 0 Å². The molecule has 2 aliphatic rings. The summed E-state index contributed by atoms with van der Waals surface area (Å²) in [5.74, 6) is 1.94. The SMILES string of the molecule is Cc1cccc2c1OCCCC2NC1CCCCC1C. The van der Waals surface area contributed by atoms with Gasteiger partial charge in [-0.1, -0.05) is 38.0 Å². The summed E-state index contributed by atoms with van der Waals surface area (Å²) in [7, 11) is 0. The third-order valence-electron chi connectivity index (χ3n) is 5.03. The van der Waals surface area contributed by atoms with E-state index in [1.807, 2.05) is 0 Å². The van der Waals surface area contributed by atoms with Crippen LogP contribution in [0.2, 0.25) is 0 Å². The van der Waals surface area contributed by atoms with Crippen LogP contribution in [-0.4, -0.2) is 12.6 Å². The second-order valence-electron chi connectivity index (χ2n) is 6.57. The average molecular weight is 273 g/mol. The Labute approximate surface area is 122 Å². The van der Waals surface area contributed by atoms with E-state index in [2.05, 4.69) is 37.4 Å². The summed E-state index contributed by atoms with van der Waals surface area (Å²) < 4.78 is 5.99. The van der Waals surface area contributed by atoms with Gasteiger partial charge in [0.15, 0.2) is 0 Å². The second-order valence-corrected chi connectivity index (χ2v) is 6.57. The van der Waals surface area contributed by atoms with Gasteiger partial charge in [0.25, 0.3) is 0 Å². The number of aryl methyl sites for hydroxylation is 1. The zero-order chi connectivity index (χ0) is 13.9. The highest BCUT2D eigenvalue weighted by Crippen LogP contribution is 2.36. The molecule has 1 N–H and O–H groups in total. The van der Waals surface area contributed by atoms with Crippen molar-refractivity contribution in [2.24, 2.45) is 5.92 Å². The van der Waals surface area contributed by atoms with Gasteiger partial charge < -0.3 is 10.1 Å². The normalized spacial score (nSPS) is 30.2. The Morgan fingerprint density at radius 1 is 1.10 bits per heavy atom. The summed E-state index contributed by atoms with van der Waals surface area (Å²) >= 11 is 0. The predicted molar refractivity (Wildman–Crippen MR) is 83.2 cm³/mol. The molecule has 110 valence electrons. The van der Waals surface area contributed by atoms with E-state index in [0.717, 1.165) is 24.7 Å². The number of para-hydroxylation sites is 1. The molecule has 1 aromatic carbocycles. The third kappa shape index (κ3) is 2.85. The minimum Gasteiger partial charge on any atom is -0.493 e. The van der Waals surface area contributed by atoms with Gasteiger partial charge in [-0.15, -0.1) is 0 Å². The topological polar surface area (TPSA) is 21.3 Å². The molecule has 0 amide bonds. The van der Waals surface area contributed by atoms with Crippen molar-refractivity contribution < 1.29 is 4.74 Å². The molecule has 1 fully saturated rings. The molecule has 0 saturated heterocycles. The van der Waals surface area contributed by atoms with Crippen molar-refractivity contribution in [2.45, 2.75) is 64.5 Å². The first-order valence-electron chi connectivity index (χ1n) is 8.24. The summed E-state index contributed by atoms with van der Waals surface area (Å²) in [6.07, 6.45) is 7.84. The number of rotatable bonds is 2. The lowest BCUT2D eigenvalue weighted by atomic mass is 9.84. The smallest absolute Gasteiger partial charge is 0.126 e. The number of hydrogen-bond acceptors (Lipinski definition) is 2. The summed E-state index contributed by atoms with van der Waals surface area (Å²) in [5.41, 5.74) is 2.65. The third-order valence-corrected chi connectivity index (χ3v) is 5.03. The summed E-state index contributed by atoms with van der Waals surface area (Å²) in [6, 6.07) is 7.73. The van der Waals surface area contributed by atoms with E-state index in [9.17, 15) is 0 Å². The average Bonchev–Trinajstić information content (AvgIpc) is 2.65. The van der Waals surface area contributed by atoms with Crippen LogP contribution in [-0.2, 0) is 0 Å². The van der Waals surface area contributed by atoms with E-state index in [0.29, 0.717) is 12.1 Å². The molecule has 1 aliphatic carbocycles. The maximum atomic E-state index is 5.99. The van der Waals surface area contributed by atoms with Crippen LogP contribution in [0, 0.1) is 12.8 Å². The standard InChI is InChI=1S/C18H27NO/c1-13-7-3-4-10-16(13)19-17-11-6-12-20-18-14(2)8-5-9-15(17)18/h5,8-9,13,16-17,19H,3-4,6-7,10-12H2,1-2H3. The van der Waals surface area contributed by atoms with Crippen LogP contribution in [0.1, 0.15) is 62.6 Å². The molecule has 0 aromatic heterocycles. The quantitative estimate of drug-likeness (QED) is 0.863. The highest BCUT2D eigenvalue weighted by atomic mass is 16.5.